The fourth-order valence-electron chi connectivity index (χ4n) is 2.60. The van der Waals surface area contributed by atoms with Gasteiger partial charge in [0.15, 0.2) is 0 Å². The lowest BCUT2D eigenvalue weighted by molar-refractivity contribution is 0.193. The number of rotatable bonds is 1. The molecule has 0 spiro atoms. The van der Waals surface area contributed by atoms with E-state index in [1.165, 1.54) is 19.3 Å². The Morgan fingerprint density at radius 2 is 2.00 bits per heavy atom. The maximum absolute atomic E-state index is 11.3. The van der Waals surface area contributed by atoms with E-state index in [9.17, 15) is 4.79 Å². The first kappa shape index (κ1) is 9.49. The first-order valence-electron chi connectivity index (χ1n) is 5.32. The van der Waals surface area contributed by atoms with Crippen LogP contribution in [0.5, 0.6) is 0 Å². The first-order valence-corrected chi connectivity index (χ1v) is 5.32. The highest BCUT2D eigenvalue weighted by Gasteiger charge is 2.38. The topological polar surface area (TPSA) is 56.2 Å². The number of amides is 2. The predicted octanol–water partition coefficient (Wildman–Crippen LogP) is 1.57. The van der Waals surface area contributed by atoms with Crippen LogP contribution in [0.1, 0.15) is 32.1 Å². The Morgan fingerprint density at radius 3 is 2.50 bits per heavy atom. The zero-order valence-corrected chi connectivity index (χ0v) is 8.55. The van der Waals surface area contributed by atoms with Gasteiger partial charge in [-0.2, -0.15) is 0 Å². The van der Waals surface area contributed by atoms with Gasteiger partial charge in [-0.25, -0.2) is 4.79 Å². The molecule has 0 aromatic heterocycles. The highest BCUT2D eigenvalue weighted by molar-refractivity contribution is 6.05. The molecule has 0 bridgehead atoms. The maximum atomic E-state index is 11.3. The summed E-state index contributed by atoms with van der Waals surface area (Å²) in [5.41, 5.74) is 0. The molecule has 1 saturated carbocycles. The van der Waals surface area contributed by atoms with Crippen LogP contribution in [0.25, 0.3) is 0 Å². The van der Waals surface area contributed by atoms with E-state index in [1.807, 2.05) is 0 Å². The molecule has 1 saturated heterocycles. The summed E-state index contributed by atoms with van der Waals surface area (Å²) in [5, 5.41) is 10.3. The molecule has 78 valence electrons. The molecule has 0 aromatic carbocycles. The van der Waals surface area contributed by atoms with Gasteiger partial charge in [0.2, 0.25) is 0 Å². The number of nitrogens with zero attached hydrogens (tertiary/aromatic N) is 1. The second-order valence-electron chi connectivity index (χ2n) is 4.30. The van der Waals surface area contributed by atoms with Gasteiger partial charge < -0.3 is 4.90 Å². The van der Waals surface area contributed by atoms with E-state index in [1.54, 1.807) is 11.9 Å². The zero-order valence-electron chi connectivity index (χ0n) is 8.55. The fraction of sp³-hybridized carbons (Fsp3) is 0.800. The Labute approximate surface area is 84.2 Å². The minimum atomic E-state index is -0.120. The van der Waals surface area contributed by atoms with Gasteiger partial charge in [0, 0.05) is 7.05 Å². The number of carbonyl (C=O) groups is 1. The van der Waals surface area contributed by atoms with E-state index in [0.29, 0.717) is 11.8 Å². The second kappa shape index (κ2) is 3.59. The molecule has 4 heteroatoms. The lowest BCUT2D eigenvalue weighted by Gasteiger charge is -2.30. The van der Waals surface area contributed by atoms with Crippen molar-refractivity contribution in [1.82, 2.24) is 10.2 Å². The predicted molar refractivity (Wildman–Crippen MR) is 54.4 cm³/mol. The number of carbonyl (C=O) groups excluding carboxylic acids is 1. The summed E-state index contributed by atoms with van der Waals surface area (Å²) in [5.74, 6) is 0.893. The maximum Gasteiger partial charge on any atom is 0.323 e. The third kappa shape index (κ3) is 1.49. The fourth-order valence-corrected chi connectivity index (χ4v) is 2.60. The van der Waals surface area contributed by atoms with Crippen LogP contribution in [0.15, 0.2) is 0 Å². The van der Waals surface area contributed by atoms with Gasteiger partial charge >= 0.3 is 6.03 Å². The van der Waals surface area contributed by atoms with Gasteiger partial charge in [-0.15, -0.1) is 0 Å². The van der Waals surface area contributed by atoms with Crippen molar-refractivity contribution < 1.29 is 4.79 Å². The van der Waals surface area contributed by atoms with Crippen molar-refractivity contribution in [3.8, 4) is 0 Å². The number of nitrogens with one attached hydrogen (secondary N) is 2. The lowest BCUT2D eigenvalue weighted by Crippen LogP contribution is -2.38. The average molecular weight is 195 g/mol. The van der Waals surface area contributed by atoms with E-state index in [0.717, 1.165) is 12.8 Å². The van der Waals surface area contributed by atoms with Crippen LogP contribution in [0, 0.1) is 11.3 Å². The molecule has 1 aliphatic carbocycles. The van der Waals surface area contributed by atoms with Gasteiger partial charge in [0.25, 0.3) is 0 Å². The van der Waals surface area contributed by atoms with Crippen LogP contribution in [0.3, 0.4) is 0 Å². The summed E-state index contributed by atoms with van der Waals surface area (Å²) in [4.78, 5) is 13.0. The first-order chi connectivity index (χ1) is 6.70. The normalized spacial score (nSPS) is 29.5. The van der Waals surface area contributed by atoms with Crippen LogP contribution in [-0.2, 0) is 0 Å². The molecular formula is C10H17N3O. The van der Waals surface area contributed by atoms with Crippen molar-refractivity contribution >= 4 is 11.9 Å². The lowest BCUT2D eigenvalue weighted by atomic mass is 9.83. The molecule has 14 heavy (non-hydrogen) atoms. The van der Waals surface area contributed by atoms with E-state index in [4.69, 9.17) is 5.41 Å². The smallest absolute Gasteiger partial charge is 0.317 e. The molecule has 0 radical (unpaired) electrons. The molecular weight excluding hydrogens is 178 g/mol. The van der Waals surface area contributed by atoms with Crippen LogP contribution in [0.2, 0.25) is 0 Å². The Balaban J connectivity index is 2.08. The van der Waals surface area contributed by atoms with E-state index in [-0.39, 0.29) is 12.1 Å². The van der Waals surface area contributed by atoms with Gasteiger partial charge in [0.05, 0.1) is 6.04 Å². The van der Waals surface area contributed by atoms with Crippen LogP contribution in [0.4, 0.5) is 4.79 Å². The highest BCUT2D eigenvalue weighted by atomic mass is 16.2. The molecule has 2 amide bonds. The van der Waals surface area contributed by atoms with Crippen molar-refractivity contribution in [2.45, 2.75) is 38.1 Å². The van der Waals surface area contributed by atoms with Gasteiger partial charge in [-0.05, 0) is 18.8 Å². The Bertz CT molecular complexity index is 258. The molecule has 4 nitrogen and oxygen atoms in total. The Kier molecular flexibility index (Phi) is 2.44. The van der Waals surface area contributed by atoms with Crippen LogP contribution >= 0.6 is 0 Å². The summed E-state index contributed by atoms with van der Waals surface area (Å²) in [6, 6.07) is -0.103. The minimum absolute atomic E-state index is 0.0165. The van der Waals surface area contributed by atoms with Crippen molar-refractivity contribution in [3.63, 3.8) is 0 Å². The highest BCUT2D eigenvalue weighted by Crippen LogP contribution is 2.30. The number of urea groups is 1. The Morgan fingerprint density at radius 1 is 1.36 bits per heavy atom. The molecule has 2 rings (SSSR count). The third-order valence-electron chi connectivity index (χ3n) is 3.37. The van der Waals surface area contributed by atoms with Crippen LogP contribution < -0.4 is 5.32 Å². The van der Waals surface area contributed by atoms with Gasteiger partial charge in [-0.3, -0.25) is 10.7 Å². The number of hydrogen-bond donors (Lipinski definition) is 2. The molecule has 1 heterocycles. The molecule has 0 aromatic rings. The summed E-state index contributed by atoms with van der Waals surface area (Å²) in [7, 11) is 1.79. The number of likely N-dealkylation sites (N-methyl/N-ethyl adjacent to an activating group) is 1. The number of amidine groups is 1. The summed E-state index contributed by atoms with van der Waals surface area (Å²) < 4.78 is 0. The minimum Gasteiger partial charge on any atom is -0.317 e. The van der Waals surface area contributed by atoms with Crippen molar-refractivity contribution in [1.29, 1.82) is 5.41 Å². The molecule has 2 aliphatic rings. The van der Waals surface area contributed by atoms with E-state index < -0.39 is 0 Å². The van der Waals surface area contributed by atoms with E-state index >= 15 is 0 Å². The second-order valence-corrected chi connectivity index (χ2v) is 4.30. The SMILES string of the molecule is CN1C(=O)NC(=N)C1C1CCCCC1. The van der Waals surface area contributed by atoms with Crippen molar-refractivity contribution in [2.24, 2.45) is 5.92 Å². The van der Waals surface area contributed by atoms with Crippen LogP contribution in [-0.4, -0.2) is 29.9 Å². The van der Waals surface area contributed by atoms with Crippen molar-refractivity contribution in [2.75, 3.05) is 7.05 Å². The summed E-state index contributed by atoms with van der Waals surface area (Å²) in [6.45, 7) is 0. The molecule has 2 fully saturated rings. The van der Waals surface area contributed by atoms with E-state index in [2.05, 4.69) is 5.32 Å². The largest absolute Gasteiger partial charge is 0.323 e. The Hall–Kier alpha value is -1.06. The monoisotopic (exact) mass is 195 g/mol. The molecule has 1 atom stereocenters. The summed E-state index contributed by atoms with van der Waals surface area (Å²) in [6.07, 6.45) is 6.12. The average Bonchev–Trinajstić information content (AvgIpc) is 2.43. The molecule has 2 N–H and O–H groups in total. The quantitative estimate of drug-likeness (QED) is 0.655. The molecule has 1 unspecified atom stereocenters. The molecule has 1 aliphatic heterocycles. The van der Waals surface area contributed by atoms with Gasteiger partial charge in [0.1, 0.15) is 5.84 Å². The standard InChI is InChI=1S/C10H17N3O/c1-13-8(9(11)12-10(13)14)7-5-3-2-4-6-7/h7-8H,2-6H2,1H3,(H2,11,12,14). The van der Waals surface area contributed by atoms with Gasteiger partial charge in [-0.1, -0.05) is 19.3 Å². The zero-order chi connectivity index (χ0) is 10.1. The number of hydrogen-bond acceptors (Lipinski definition) is 2. The third-order valence-corrected chi connectivity index (χ3v) is 3.37. The van der Waals surface area contributed by atoms with Crippen molar-refractivity contribution in [3.05, 3.63) is 0 Å². The summed E-state index contributed by atoms with van der Waals surface area (Å²) >= 11 is 0.